The topological polar surface area (TPSA) is 120 Å². The second-order valence-electron chi connectivity index (χ2n) is 7.53. The Hall–Kier alpha value is -4.23. The Balaban J connectivity index is 1.58. The van der Waals surface area contributed by atoms with Gasteiger partial charge in [-0.1, -0.05) is 6.07 Å². The number of hydrogen-bond donors (Lipinski definition) is 2. The van der Waals surface area contributed by atoms with Crippen molar-refractivity contribution < 1.29 is 22.4 Å². The second-order valence-corrected chi connectivity index (χ2v) is 7.53. The SMILES string of the molecule is Cn1nc2c(c1CC(=O)Nc1nc(-c3ccc(C(F)(F)F)c(F)c3)c[nH]1)c(=O)n(C)c(=O)n2C. The predicted octanol–water partition coefficient (Wildman–Crippen LogP) is 1.70. The van der Waals surface area contributed by atoms with Crippen LogP contribution in [0.2, 0.25) is 0 Å². The first-order valence-electron chi connectivity index (χ1n) is 9.72. The number of nitrogens with one attached hydrogen (secondary N) is 2. The minimum atomic E-state index is -4.82. The molecule has 0 unspecified atom stereocenters. The van der Waals surface area contributed by atoms with Crippen LogP contribution < -0.4 is 16.6 Å². The monoisotopic (exact) mass is 479 g/mol. The Bertz CT molecular complexity index is 1560. The number of imidazole rings is 1. The first kappa shape index (κ1) is 22.9. The summed E-state index contributed by atoms with van der Waals surface area (Å²) in [6.45, 7) is 0. The summed E-state index contributed by atoms with van der Waals surface area (Å²) < 4.78 is 55.5. The third-order valence-electron chi connectivity index (χ3n) is 5.29. The van der Waals surface area contributed by atoms with Crippen LogP contribution in [0.5, 0.6) is 0 Å². The molecule has 0 atom stereocenters. The molecular weight excluding hydrogens is 462 g/mol. The zero-order valence-corrected chi connectivity index (χ0v) is 18.0. The molecule has 4 aromatic rings. The zero-order valence-electron chi connectivity index (χ0n) is 18.0. The third-order valence-corrected chi connectivity index (χ3v) is 5.29. The van der Waals surface area contributed by atoms with Crippen molar-refractivity contribution in [1.82, 2.24) is 28.9 Å². The van der Waals surface area contributed by atoms with Gasteiger partial charge < -0.3 is 4.98 Å². The molecule has 0 saturated heterocycles. The lowest BCUT2D eigenvalue weighted by molar-refractivity contribution is -0.140. The van der Waals surface area contributed by atoms with Crippen LogP contribution in [-0.4, -0.2) is 34.8 Å². The number of fused-ring (bicyclic) bond motifs is 1. The summed E-state index contributed by atoms with van der Waals surface area (Å²) in [6, 6.07) is 2.38. The highest BCUT2D eigenvalue weighted by atomic mass is 19.4. The summed E-state index contributed by atoms with van der Waals surface area (Å²) >= 11 is 0. The van der Waals surface area contributed by atoms with Gasteiger partial charge in [0.2, 0.25) is 11.9 Å². The number of amides is 1. The molecule has 3 aromatic heterocycles. The number of H-pyrrole nitrogens is 1. The van der Waals surface area contributed by atoms with Crippen LogP contribution in [-0.2, 0) is 38.5 Å². The van der Waals surface area contributed by atoms with Crippen LogP contribution in [0.4, 0.5) is 23.5 Å². The maximum absolute atomic E-state index is 13.9. The van der Waals surface area contributed by atoms with Gasteiger partial charge in [0.25, 0.3) is 5.56 Å². The number of anilines is 1. The maximum atomic E-state index is 13.9. The molecule has 0 saturated carbocycles. The highest BCUT2D eigenvalue weighted by molar-refractivity contribution is 5.93. The van der Waals surface area contributed by atoms with Crippen molar-refractivity contribution in [3.05, 3.63) is 62.3 Å². The Kier molecular flexibility index (Phi) is 5.38. The number of benzene rings is 1. The number of carbonyl (C=O) groups excluding carboxylic acids is 1. The molecule has 0 aliphatic carbocycles. The van der Waals surface area contributed by atoms with Crippen molar-refractivity contribution in [2.45, 2.75) is 12.6 Å². The summed E-state index contributed by atoms with van der Waals surface area (Å²) in [5.41, 5.74) is -1.98. The van der Waals surface area contributed by atoms with E-state index in [1.807, 2.05) is 0 Å². The van der Waals surface area contributed by atoms with E-state index >= 15 is 0 Å². The van der Waals surface area contributed by atoms with E-state index in [9.17, 15) is 31.9 Å². The van der Waals surface area contributed by atoms with Crippen LogP contribution in [0, 0.1) is 5.82 Å². The smallest absolute Gasteiger partial charge is 0.330 e. The van der Waals surface area contributed by atoms with Gasteiger partial charge in [-0.2, -0.15) is 18.3 Å². The van der Waals surface area contributed by atoms with Crippen molar-refractivity contribution in [1.29, 1.82) is 0 Å². The highest BCUT2D eigenvalue weighted by Gasteiger charge is 2.34. The van der Waals surface area contributed by atoms with Gasteiger partial charge in [0.05, 0.1) is 23.4 Å². The maximum Gasteiger partial charge on any atom is 0.419 e. The van der Waals surface area contributed by atoms with Crippen molar-refractivity contribution in [3.8, 4) is 11.3 Å². The molecule has 1 amide bonds. The zero-order chi connectivity index (χ0) is 24.9. The number of alkyl halides is 3. The van der Waals surface area contributed by atoms with Crippen LogP contribution in [0.25, 0.3) is 22.3 Å². The lowest BCUT2D eigenvalue weighted by atomic mass is 10.1. The van der Waals surface area contributed by atoms with Crippen molar-refractivity contribution in [3.63, 3.8) is 0 Å². The number of aromatic nitrogens is 6. The van der Waals surface area contributed by atoms with E-state index in [-0.39, 0.29) is 40.4 Å². The summed E-state index contributed by atoms with van der Waals surface area (Å²) in [5, 5.41) is 6.75. The molecule has 2 N–H and O–H groups in total. The lowest BCUT2D eigenvalue weighted by Crippen LogP contribution is -2.37. The molecule has 0 bridgehead atoms. The average molecular weight is 479 g/mol. The summed E-state index contributed by atoms with van der Waals surface area (Å²) in [5.74, 6) is -2.06. The second kappa shape index (κ2) is 7.97. The normalized spacial score (nSPS) is 11.9. The number of aromatic amines is 1. The van der Waals surface area contributed by atoms with Gasteiger partial charge in [-0.3, -0.25) is 28.7 Å². The van der Waals surface area contributed by atoms with Gasteiger partial charge in [-0.05, 0) is 12.1 Å². The van der Waals surface area contributed by atoms with Crippen molar-refractivity contribution in [2.24, 2.45) is 21.1 Å². The highest BCUT2D eigenvalue weighted by Crippen LogP contribution is 2.33. The van der Waals surface area contributed by atoms with Crippen LogP contribution >= 0.6 is 0 Å². The molecule has 0 radical (unpaired) electrons. The van der Waals surface area contributed by atoms with Crippen LogP contribution in [0.15, 0.2) is 34.0 Å². The molecule has 10 nitrogen and oxygen atoms in total. The molecule has 34 heavy (non-hydrogen) atoms. The van der Waals surface area contributed by atoms with E-state index in [4.69, 9.17) is 0 Å². The minimum Gasteiger partial charge on any atom is -0.330 e. The molecule has 0 spiro atoms. The Labute approximate surface area is 187 Å². The number of nitrogens with zero attached hydrogens (tertiary/aromatic N) is 5. The number of halogens is 4. The number of hydrogen-bond acceptors (Lipinski definition) is 5. The molecule has 0 fully saturated rings. The van der Waals surface area contributed by atoms with Crippen LogP contribution in [0.3, 0.4) is 0 Å². The average Bonchev–Trinajstić information content (AvgIpc) is 3.34. The lowest BCUT2D eigenvalue weighted by Gasteiger charge is -2.08. The summed E-state index contributed by atoms with van der Waals surface area (Å²) in [4.78, 5) is 44.0. The Morgan fingerprint density at radius 1 is 1.15 bits per heavy atom. The predicted molar refractivity (Wildman–Crippen MR) is 113 cm³/mol. The van der Waals surface area contributed by atoms with Crippen LogP contribution in [0.1, 0.15) is 11.3 Å². The van der Waals surface area contributed by atoms with Crippen molar-refractivity contribution in [2.75, 3.05) is 5.32 Å². The number of aryl methyl sites for hydroxylation is 2. The van der Waals surface area contributed by atoms with Gasteiger partial charge >= 0.3 is 11.9 Å². The number of carbonyl (C=O) groups is 1. The van der Waals surface area contributed by atoms with Gasteiger partial charge in [-0.15, -0.1) is 0 Å². The van der Waals surface area contributed by atoms with E-state index in [1.54, 1.807) is 0 Å². The molecule has 4 rings (SSSR count). The van der Waals surface area contributed by atoms with E-state index in [0.717, 1.165) is 10.6 Å². The standard InChI is InChI=1S/C20H17F4N7O3/c1-29-16-15(17(33)30(2)19(29)34)13(31(3)28-16)7-14(32)27-18-25-8-12(26-18)9-4-5-10(11(21)6-9)20(22,23)24/h4-6,8H,7H2,1-3H3,(H2,25,26,27,32). The van der Waals surface area contributed by atoms with Gasteiger partial charge in [0.15, 0.2) is 5.65 Å². The molecule has 178 valence electrons. The minimum absolute atomic E-state index is 0.0351. The van der Waals surface area contributed by atoms with E-state index in [0.29, 0.717) is 12.1 Å². The Morgan fingerprint density at radius 3 is 2.50 bits per heavy atom. The fraction of sp³-hybridized carbons (Fsp3) is 0.250. The van der Waals surface area contributed by atoms with Gasteiger partial charge in [-0.25, -0.2) is 14.2 Å². The molecule has 3 heterocycles. The third kappa shape index (κ3) is 3.86. The fourth-order valence-corrected chi connectivity index (χ4v) is 3.54. The van der Waals surface area contributed by atoms with Crippen molar-refractivity contribution >= 4 is 22.9 Å². The molecule has 1 aromatic carbocycles. The molecule has 0 aliphatic rings. The number of rotatable bonds is 4. The first-order chi connectivity index (χ1) is 15.9. The Morgan fingerprint density at radius 2 is 1.85 bits per heavy atom. The fourth-order valence-electron chi connectivity index (χ4n) is 3.54. The van der Waals surface area contributed by atoms with Gasteiger partial charge in [0, 0.05) is 32.9 Å². The summed E-state index contributed by atoms with van der Waals surface area (Å²) in [7, 11) is 4.29. The van der Waals surface area contributed by atoms with E-state index < -0.39 is 34.7 Å². The first-order valence-corrected chi connectivity index (χ1v) is 9.72. The molecule has 0 aliphatic heterocycles. The molecular formula is C20H17F4N7O3. The van der Waals surface area contributed by atoms with E-state index in [2.05, 4.69) is 20.4 Å². The van der Waals surface area contributed by atoms with E-state index in [1.165, 1.54) is 36.6 Å². The quantitative estimate of drug-likeness (QED) is 0.432. The molecule has 14 heteroatoms. The van der Waals surface area contributed by atoms with Gasteiger partial charge in [0.1, 0.15) is 11.2 Å². The largest absolute Gasteiger partial charge is 0.419 e. The summed E-state index contributed by atoms with van der Waals surface area (Å²) in [6.07, 6.45) is -3.81.